The van der Waals surface area contributed by atoms with Crippen molar-refractivity contribution in [2.75, 3.05) is 25.9 Å². The Bertz CT molecular complexity index is 1660. The van der Waals surface area contributed by atoms with Crippen molar-refractivity contribution in [1.82, 2.24) is 24.3 Å². The molecule has 4 aromatic rings. The molecule has 0 aliphatic rings. The zero-order valence-electron chi connectivity index (χ0n) is 19.1. The lowest BCUT2D eigenvalue weighted by Crippen LogP contribution is -2.23. The van der Waals surface area contributed by atoms with Crippen LogP contribution in [0.15, 0.2) is 43.6 Å². The number of aromatic nitrogens is 4. The first-order chi connectivity index (χ1) is 16.1. The molecule has 0 aliphatic heterocycles. The average molecular weight is 547 g/mol. The third-order valence-corrected chi connectivity index (χ3v) is 6.70. The smallest absolute Gasteiger partial charge is 0.266 e. The minimum atomic E-state index is -3.78. The zero-order chi connectivity index (χ0) is 25.2. The molecule has 0 aliphatic carbocycles. The van der Waals surface area contributed by atoms with Gasteiger partial charge < -0.3 is 9.88 Å². The molecule has 0 saturated carbocycles. The number of halogens is 1. The molecule has 0 bridgehead atoms. The molecule has 178 valence electrons. The lowest BCUT2D eigenvalue weighted by Gasteiger charge is -2.13. The van der Waals surface area contributed by atoms with Gasteiger partial charge >= 0.3 is 0 Å². The predicted molar refractivity (Wildman–Crippen MR) is 134 cm³/mol. The fourth-order valence-electron chi connectivity index (χ4n) is 3.48. The van der Waals surface area contributed by atoms with Gasteiger partial charge in [-0.15, -0.1) is 0 Å². The van der Waals surface area contributed by atoms with E-state index in [1.165, 1.54) is 19.6 Å². The second-order valence-corrected chi connectivity index (χ2v) is 10.2. The van der Waals surface area contributed by atoms with E-state index in [4.69, 9.17) is 0 Å². The summed E-state index contributed by atoms with van der Waals surface area (Å²) >= 11 is 3.30. The van der Waals surface area contributed by atoms with Crippen molar-refractivity contribution >= 4 is 53.4 Å². The number of benzene rings is 1. The lowest BCUT2D eigenvalue weighted by atomic mass is 10.2. The minimum Gasteiger partial charge on any atom is -0.339 e. The number of aromatic amines is 1. The molecule has 0 unspecified atom stereocenters. The summed E-state index contributed by atoms with van der Waals surface area (Å²) in [6.45, 7) is 10.1. The molecule has 4 rings (SSSR count). The number of H-pyrrole nitrogens is 1. The Kier molecular flexibility index (Phi) is 7.50. The Balaban J connectivity index is 0.000000406. The summed E-state index contributed by atoms with van der Waals surface area (Å²) in [7, 11) is -3.78. The van der Waals surface area contributed by atoms with Crippen LogP contribution in [-0.2, 0) is 9.84 Å². The van der Waals surface area contributed by atoms with Crippen LogP contribution in [0, 0.1) is 11.3 Å². The van der Waals surface area contributed by atoms with Crippen molar-refractivity contribution < 1.29 is 8.42 Å². The first-order valence-corrected chi connectivity index (χ1v) is 13.1. The van der Waals surface area contributed by atoms with Gasteiger partial charge in [0.15, 0.2) is 0 Å². The van der Waals surface area contributed by atoms with E-state index >= 15 is 0 Å². The molecule has 10 nitrogen and oxygen atoms in total. The number of pyridine rings is 1. The summed E-state index contributed by atoms with van der Waals surface area (Å²) in [5.41, 5.74) is -1.52. The van der Waals surface area contributed by atoms with E-state index in [9.17, 15) is 23.3 Å². The normalized spacial score (nSPS) is 11.6. The lowest BCUT2D eigenvalue weighted by molar-refractivity contribution is 0.321. The standard InChI is InChI=1S/C16H8BrN5O4S.C6H15N/c1-27(25,26)16-19-6-11-12(21-16)13(23)9(5-18)14-20-10-3-2-7(17)4-8(10)15(24)22(11)14;1-4-7(5-2)6-3/h2-4,6,20H,1H3;4-6H2,1-3H3. The highest BCUT2D eigenvalue weighted by Crippen LogP contribution is 2.19. The van der Waals surface area contributed by atoms with Gasteiger partial charge in [0.2, 0.25) is 20.4 Å². The first-order valence-electron chi connectivity index (χ1n) is 10.5. The Hall–Kier alpha value is -3.14. The molecule has 34 heavy (non-hydrogen) atoms. The Morgan fingerprint density at radius 2 is 1.82 bits per heavy atom. The van der Waals surface area contributed by atoms with E-state index in [1.807, 2.05) is 0 Å². The number of nitrogens with zero attached hydrogens (tertiary/aromatic N) is 5. The van der Waals surface area contributed by atoms with E-state index in [1.54, 1.807) is 24.3 Å². The topological polar surface area (TPSA) is 141 Å². The van der Waals surface area contributed by atoms with Gasteiger partial charge in [0.1, 0.15) is 22.8 Å². The van der Waals surface area contributed by atoms with E-state index in [0.29, 0.717) is 15.4 Å². The highest BCUT2D eigenvalue weighted by Gasteiger charge is 2.20. The summed E-state index contributed by atoms with van der Waals surface area (Å²) in [6.07, 6.45) is 1.99. The number of nitriles is 1. The van der Waals surface area contributed by atoms with Gasteiger partial charge in [0, 0.05) is 10.7 Å². The van der Waals surface area contributed by atoms with Gasteiger partial charge in [0.05, 0.1) is 22.6 Å². The number of nitrogens with one attached hydrogen (secondary N) is 1. The van der Waals surface area contributed by atoms with Gasteiger partial charge in [-0.05, 0) is 37.8 Å². The molecule has 0 saturated heterocycles. The number of hydrogen-bond acceptors (Lipinski definition) is 8. The molecule has 1 aromatic carbocycles. The molecular formula is C22H23BrN6O4S. The highest BCUT2D eigenvalue weighted by atomic mass is 79.9. The van der Waals surface area contributed by atoms with E-state index in [2.05, 4.69) is 56.6 Å². The maximum atomic E-state index is 13.1. The van der Waals surface area contributed by atoms with E-state index in [-0.39, 0.29) is 22.2 Å². The maximum Gasteiger partial charge on any atom is 0.266 e. The largest absolute Gasteiger partial charge is 0.339 e. The third-order valence-electron chi connectivity index (χ3n) is 5.34. The monoisotopic (exact) mass is 546 g/mol. The maximum absolute atomic E-state index is 13.1. The first kappa shape index (κ1) is 25.5. The molecule has 0 radical (unpaired) electrons. The van der Waals surface area contributed by atoms with Crippen molar-refractivity contribution in [3.8, 4) is 6.07 Å². The quantitative estimate of drug-likeness (QED) is 0.233. The summed E-state index contributed by atoms with van der Waals surface area (Å²) in [6, 6.07) is 6.71. The van der Waals surface area contributed by atoms with Crippen molar-refractivity contribution in [3.63, 3.8) is 0 Å². The molecule has 0 fully saturated rings. The van der Waals surface area contributed by atoms with Gasteiger partial charge in [-0.25, -0.2) is 18.4 Å². The van der Waals surface area contributed by atoms with Gasteiger partial charge in [0.25, 0.3) is 5.56 Å². The van der Waals surface area contributed by atoms with E-state index < -0.39 is 26.0 Å². The molecule has 0 atom stereocenters. The van der Waals surface area contributed by atoms with Crippen LogP contribution in [0.4, 0.5) is 0 Å². The minimum absolute atomic E-state index is 0.00419. The van der Waals surface area contributed by atoms with Gasteiger partial charge in [-0.3, -0.25) is 14.0 Å². The SMILES string of the molecule is CCN(CC)CC.CS(=O)(=O)c1ncc2c(n1)c(=O)c(C#N)c1[nH]c3ccc(Br)cc3c(=O)n12. The van der Waals surface area contributed by atoms with Crippen LogP contribution in [0.2, 0.25) is 0 Å². The molecule has 1 N–H and O–H groups in total. The molecule has 3 heterocycles. The number of hydrogen-bond donors (Lipinski definition) is 1. The number of sulfone groups is 1. The average Bonchev–Trinajstić information content (AvgIpc) is 2.80. The number of fused-ring (bicyclic) bond motifs is 4. The van der Waals surface area contributed by atoms with Gasteiger partial charge in [-0.2, -0.15) is 5.26 Å². The summed E-state index contributed by atoms with van der Waals surface area (Å²) in [4.78, 5) is 38.6. The van der Waals surface area contributed by atoms with Crippen LogP contribution in [0.3, 0.4) is 0 Å². The zero-order valence-corrected chi connectivity index (χ0v) is 21.5. The highest BCUT2D eigenvalue weighted by molar-refractivity contribution is 9.10. The Morgan fingerprint density at radius 1 is 1.18 bits per heavy atom. The summed E-state index contributed by atoms with van der Waals surface area (Å²) in [5, 5.41) is 9.20. The van der Waals surface area contributed by atoms with E-state index in [0.717, 1.165) is 16.9 Å². The van der Waals surface area contributed by atoms with Crippen LogP contribution in [0.5, 0.6) is 0 Å². The molecule has 0 amide bonds. The van der Waals surface area contributed by atoms with Crippen molar-refractivity contribution in [1.29, 1.82) is 5.26 Å². The Morgan fingerprint density at radius 3 is 2.35 bits per heavy atom. The molecule has 0 spiro atoms. The molecular weight excluding hydrogens is 524 g/mol. The molecule has 3 aromatic heterocycles. The van der Waals surface area contributed by atoms with Crippen LogP contribution in [0.25, 0.3) is 27.6 Å². The summed E-state index contributed by atoms with van der Waals surface area (Å²) in [5.74, 6) is 0. The molecule has 12 heteroatoms. The van der Waals surface area contributed by atoms with Crippen LogP contribution >= 0.6 is 15.9 Å². The predicted octanol–water partition coefficient (Wildman–Crippen LogP) is 2.47. The van der Waals surface area contributed by atoms with Crippen molar-refractivity contribution in [2.24, 2.45) is 0 Å². The van der Waals surface area contributed by atoms with Crippen LogP contribution in [-0.4, -0.2) is 58.6 Å². The van der Waals surface area contributed by atoms with Gasteiger partial charge in [-0.1, -0.05) is 36.7 Å². The van der Waals surface area contributed by atoms with Crippen LogP contribution < -0.4 is 11.0 Å². The fraction of sp³-hybridized carbons (Fsp3) is 0.318. The second kappa shape index (κ2) is 10.0. The summed E-state index contributed by atoms with van der Waals surface area (Å²) < 4.78 is 25.2. The van der Waals surface area contributed by atoms with Crippen molar-refractivity contribution in [2.45, 2.75) is 25.9 Å². The van der Waals surface area contributed by atoms with Crippen LogP contribution in [0.1, 0.15) is 26.3 Å². The third kappa shape index (κ3) is 4.72. The number of rotatable bonds is 4. The van der Waals surface area contributed by atoms with Crippen molar-refractivity contribution in [3.05, 3.63) is 55.0 Å². The second-order valence-electron chi connectivity index (χ2n) is 7.40. The Labute approximate surface area is 203 Å². The fourth-order valence-corrected chi connectivity index (χ4v) is 4.34.